The van der Waals surface area contributed by atoms with E-state index in [9.17, 15) is 4.79 Å². The fourth-order valence-corrected chi connectivity index (χ4v) is 2.46. The lowest BCUT2D eigenvalue weighted by Gasteiger charge is -2.27. The Labute approximate surface area is 129 Å². The summed E-state index contributed by atoms with van der Waals surface area (Å²) in [6, 6.07) is 3.49. The van der Waals surface area contributed by atoms with Crippen LogP contribution in [0.5, 0.6) is 0 Å². The Morgan fingerprint density at radius 1 is 1.32 bits per heavy atom. The van der Waals surface area contributed by atoms with Gasteiger partial charge < -0.3 is 10.6 Å². The van der Waals surface area contributed by atoms with E-state index in [2.05, 4.69) is 25.5 Å². The van der Waals surface area contributed by atoms with Gasteiger partial charge in [-0.15, -0.1) is 0 Å². The quantitative estimate of drug-likeness (QED) is 0.807. The lowest BCUT2D eigenvalue weighted by atomic mass is 10.2. The summed E-state index contributed by atoms with van der Waals surface area (Å²) in [5.41, 5.74) is 0.610. The third-order valence-electron chi connectivity index (χ3n) is 3.70. The summed E-state index contributed by atoms with van der Waals surface area (Å²) in [5.74, 6) is 0.617. The van der Waals surface area contributed by atoms with Gasteiger partial charge in [-0.25, -0.2) is 9.97 Å². The zero-order valence-electron chi connectivity index (χ0n) is 12.4. The van der Waals surface area contributed by atoms with Crippen molar-refractivity contribution in [2.24, 2.45) is 0 Å². The smallest absolute Gasteiger partial charge is 0.251 e. The third-order valence-corrected chi connectivity index (χ3v) is 3.70. The first-order valence-corrected chi connectivity index (χ1v) is 7.48. The van der Waals surface area contributed by atoms with Crippen molar-refractivity contribution in [1.29, 1.82) is 0 Å². The van der Waals surface area contributed by atoms with E-state index in [0.29, 0.717) is 17.9 Å². The van der Waals surface area contributed by atoms with E-state index in [1.54, 1.807) is 41.6 Å². The average molecular weight is 300 g/mol. The molecule has 0 aromatic carbocycles. The maximum atomic E-state index is 12.2. The molecular weight excluding hydrogens is 280 g/mol. The molecule has 1 fully saturated rings. The van der Waals surface area contributed by atoms with E-state index in [4.69, 9.17) is 0 Å². The standard InChI is InChI=1S/C15H20N6O/c22-15(19-6-9-20-7-3-16-4-8-20)13-1-2-18-14(11-13)21-10-5-17-12-21/h1-2,5,10-12,16H,3-4,6-9H2,(H,19,22). The van der Waals surface area contributed by atoms with Crippen molar-refractivity contribution in [3.05, 3.63) is 42.6 Å². The summed E-state index contributed by atoms with van der Waals surface area (Å²) in [4.78, 5) is 22.8. The fraction of sp³-hybridized carbons (Fsp3) is 0.400. The number of amides is 1. The third kappa shape index (κ3) is 3.69. The molecule has 0 bridgehead atoms. The Morgan fingerprint density at radius 2 is 2.18 bits per heavy atom. The van der Waals surface area contributed by atoms with Crippen LogP contribution in [0.2, 0.25) is 0 Å². The van der Waals surface area contributed by atoms with Gasteiger partial charge in [0.05, 0.1) is 0 Å². The molecule has 116 valence electrons. The number of nitrogens with one attached hydrogen (secondary N) is 2. The minimum absolute atomic E-state index is 0.0705. The van der Waals surface area contributed by atoms with Gasteiger partial charge in [-0.3, -0.25) is 14.3 Å². The van der Waals surface area contributed by atoms with Crippen molar-refractivity contribution >= 4 is 5.91 Å². The van der Waals surface area contributed by atoms with E-state index in [0.717, 1.165) is 32.7 Å². The Kier molecular flexibility index (Phi) is 4.77. The Morgan fingerprint density at radius 3 is 2.95 bits per heavy atom. The summed E-state index contributed by atoms with van der Waals surface area (Å²) in [6.07, 6.45) is 6.78. The van der Waals surface area contributed by atoms with Gasteiger partial charge in [0, 0.05) is 63.4 Å². The molecule has 1 aliphatic heterocycles. The van der Waals surface area contributed by atoms with Gasteiger partial charge in [0.25, 0.3) is 5.91 Å². The first-order valence-electron chi connectivity index (χ1n) is 7.48. The summed E-state index contributed by atoms with van der Waals surface area (Å²) < 4.78 is 1.78. The van der Waals surface area contributed by atoms with E-state index in [1.165, 1.54) is 0 Å². The van der Waals surface area contributed by atoms with Crippen molar-refractivity contribution in [1.82, 2.24) is 30.1 Å². The van der Waals surface area contributed by atoms with Gasteiger partial charge in [0.2, 0.25) is 0 Å². The van der Waals surface area contributed by atoms with Crippen LogP contribution in [0.3, 0.4) is 0 Å². The molecule has 7 heteroatoms. The van der Waals surface area contributed by atoms with E-state index >= 15 is 0 Å². The van der Waals surface area contributed by atoms with Gasteiger partial charge in [0.15, 0.2) is 0 Å². The van der Waals surface area contributed by atoms with Gasteiger partial charge in [0.1, 0.15) is 12.1 Å². The zero-order valence-corrected chi connectivity index (χ0v) is 12.4. The van der Waals surface area contributed by atoms with Crippen molar-refractivity contribution < 1.29 is 4.79 Å². The SMILES string of the molecule is O=C(NCCN1CCNCC1)c1ccnc(-n2ccnc2)c1. The molecule has 0 atom stereocenters. The predicted molar refractivity (Wildman–Crippen MR) is 83.0 cm³/mol. The van der Waals surface area contributed by atoms with Gasteiger partial charge in [-0.05, 0) is 12.1 Å². The second-order valence-corrected chi connectivity index (χ2v) is 5.22. The maximum Gasteiger partial charge on any atom is 0.251 e. The highest BCUT2D eigenvalue weighted by Gasteiger charge is 2.11. The number of aromatic nitrogens is 3. The lowest BCUT2D eigenvalue weighted by molar-refractivity contribution is 0.0947. The van der Waals surface area contributed by atoms with Crippen LogP contribution in [0.15, 0.2) is 37.1 Å². The number of pyridine rings is 1. The molecule has 1 saturated heterocycles. The van der Waals surface area contributed by atoms with Gasteiger partial charge in [-0.2, -0.15) is 0 Å². The van der Waals surface area contributed by atoms with Crippen molar-refractivity contribution in [3.63, 3.8) is 0 Å². The first kappa shape index (κ1) is 14.7. The van der Waals surface area contributed by atoms with Crippen molar-refractivity contribution in [3.8, 4) is 5.82 Å². The van der Waals surface area contributed by atoms with Crippen LogP contribution in [0.1, 0.15) is 10.4 Å². The highest BCUT2D eigenvalue weighted by molar-refractivity contribution is 5.94. The predicted octanol–water partition coefficient (Wildman–Crippen LogP) is -0.0977. The highest BCUT2D eigenvalue weighted by atomic mass is 16.1. The molecule has 0 unspecified atom stereocenters. The molecule has 2 aromatic rings. The normalized spacial score (nSPS) is 15.6. The summed E-state index contributed by atoms with van der Waals surface area (Å²) in [5, 5.41) is 6.28. The second-order valence-electron chi connectivity index (χ2n) is 5.22. The number of hydrogen-bond acceptors (Lipinski definition) is 5. The largest absolute Gasteiger partial charge is 0.351 e. The van der Waals surface area contributed by atoms with Crippen LogP contribution in [0, 0.1) is 0 Å². The Bertz CT molecular complexity index is 606. The van der Waals surface area contributed by atoms with Crippen LogP contribution < -0.4 is 10.6 Å². The molecule has 1 aliphatic rings. The Balaban J connectivity index is 1.54. The van der Waals surface area contributed by atoms with Crippen molar-refractivity contribution in [2.75, 3.05) is 39.3 Å². The average Bonchev–Trinajstić information content (AvgIpc) is 3.10. The minimum atomic E-state index is -0.0705. The molecule has 7 nitrogen and oxygen atoms in total. The molecule has 0 spiro atoms. The number of imidazole rings is 1. The van der Waals surface area contributed by atoms with E-state index < -0.39 is 0 Å². The molecule has 3 heterocycles. The van der Waals surface area contributed by atoms with Crippen LogP contribution in [-0.2, 0) is 0 Å². The summed E-state index contributed by atoms with van der Waals surface area (Å²) in [7, 11) is 0. The molecule has 0 saturated carbocycles. The van der Waals surface area contributed by atoms with Crippen LogP contribution in [0.25, 0.3) is 5.82 Å². The molecule has 2 N–H and O–H groups in total. The van der Waals surface area contributed by atoms with Crippen LogP contribution in [0.4, 0.5) is 0 Å². The molecular formula is C15H20N6O. The number of rotatable bonds is 5. The second kappa shape index (κ2) is 7.15. The van der Waals surface area contributed by atoms with Crippen LogP contribution >= 0.6 is 0 Å². The topological polar surface area (TPSA) is 75.1 Å². The number of carbonyl (C=O) groups is 1. The monoisotopic (exact) mass is 300 g/mol. The minimum Gasteiger partial charge on any atom is -0.351 e. The molecule has 1 amide bonds. The maximum absolute atomic E-state index is 12.2. The number of carbonyl (C=O) groups excluding carboxylic acids is 1. The van der Waals surface area contributed by atoms with Gasteiger partial charge >= 0.3 is 0 Å². The molecule has 22 heavy (non-hydrogen) atoms. The first-order chi connectivity index (χ1) is 10.8. The lowest BCUT2D eigenvalue weighted by Crippen LogP contribution is -2.46. The number of nitrogens with zero attached hydrogens (tertiary/aromatic N) is 4. The van der Waals surface area contributed by atoms with E-state index in [-0.39, 0.29) is 5.91 Å². The molecule has 3 rings (SSSR count). The summed E-state index contributed by atoms with van der Waals surface area (Å²) in [6.45, 7) is 5.65. The van der Waals surface area contributed by atoms with Crippen molar-refractivity contribution in [2.45, 2.75) is 0 Å². The number of hydrogen-bond donors (Lipinski definition) is 2. The Hall–Kier alpha value is -2.25. The zero-order chi connectivity index (χ0) is 15.2. The fourth-order valence-electron chi connectivity index (χ4n) is 2.46. The van der Waals surface area contributed by atoms with Crippen LogP contribution in [-0.4, -0.2) is 64.6 Å². The molecule has 2 aromatic heterocycles. The van der Waals surface area contributed by atoms with Gasteiger partial charge in [-0.1, -0.05) is 0 Å². The molecule has 0 radical (unpaired) electrons. The highest BCUT2D eigenvalue weighted by Crippen LogP contribution is 2.06. The number of piperazine rings is 1. The van der Waals surface area contributed by atoms with E-state index in [1.807, 2.05) is 0 Å². The molecule has 0 aliphatic carbocycles. The summed E-state index contributed by atoms with van der Waals surface area (Å²) >= 11 is 0.